The first-order valence-corrected chi connectivity index (χ1v) is 6.49. The first-order valence-electron chi connectivity index (χ1n) is 6.49. The van der Waals surface area contributed by atoms with Crippen LogP contribution in [0.3, 0.4) is 0 Å². The Morgan fingerprint density at radius 3 is 2.50 bits per heavy atom. The number of benzene rings is 1. The number of rotatable bonds is 4. The normalized spacial score (nSPS) is 15.0. The van der Waals surface area contributed by atoms with Gasteiger partial charge in [-0.1, -0.05) is 12.1 Å². The third-order valence-corrected chi connectivity index (χ3v) is 3.35. The summed E-state index contributed by atoms with van der Waals surface area (Å²) in [5, 5.41) is 0. The van der Waals surface area contributed by atoms with Gasteiger partial charge in [-0.25, -0.2) is 9.97 Å². The summed E-state index contributed by atoms with van der Waals surface area (Å²) in [6.07, 6.45) is 2.49. The number of aromatic nitrogens is 2. The number of aryl methyl sites for hydroxylation is 1. The molecule has 0 atom stereocenters. The lowest BCUT2D eigenvalue weighted by Crippen LogP contribution is -2.33. The van der Waals surface area contributed by atoms with Crippen molar-refractivity contribution in [3.05, 3.63) is 30.0 Å². The van der Waals surface area contributed by atoms with Gasteiger partial charge in [0.05, 0.1) is 16.7 Å². The molecule has 0 spiro atoms. The largest absolute Gasteiger partial charge is 0.351 e. The van der Waals surface area contributed by atoms with Crippen LogP contribution in [0.25, 0.3) is 11.0 Å². The van der Waals surface area contributed by atoms with Crippen LogP contribution in [0.15, 0.2) is 24.3 Å². The molecule has 0 amide bonds. The molecule has 0 bridgehead atoms. The Kier molecular flexibility index (Phi) is 2.88. The van der Waals surface area contributed by atoms with Crippen LogP contribution in [0.4, 0.5) is 5.82 Å². The van der Waals surface area contributed by atoms with E-state index < -0.39 is 0 Å². The summed E-state index contributed by atoms with van der Waals surface area (Å²) in [6.45, 7) is 3.55. The number of para-hydroxylation sites is 2. The number of hydrogen-bond acceptors (Lipinski definition) is 4. The minimum absolute atomic E-state index is 0.614. The van der Waals surface area contributed by atoms with Gasteiger partial charge in [0.25, 0.3) is 0 Å². The van der Waals surface area contributed by atoms with Crippen molar-refractivity contribution < 1.29 is 0 Å². The fourth-order valence-corrected chi connectivity index (χ4v) is 2.34. The smallest absolute Gasteiger partial charge is 0.151 e. The van der Waals surface area contributed by atoms with E-state index in [2.05, 4.69) is 9.88 Å². The number of anilines is 1. The highest BCUT2D eigenvalue weighted by Crippen LogP contribution is 2.32. The molecule has 2 N–H and O–H groups in total. The molecular formula is C14H18N4. The Hall–Kier alpha value is -1.68. The van der Waals surface area contributed by atoms with Crippen LogP contribution in [0.2, 0.25) is 0 Å². The van der Waals surface area contributed by atoms with Crippen molar-refractivity contribution in [1.29, 1.82) is 0 Å². The van der Waals surface area contributed by atoms with Crippen LogP contribution < -0.4 is 10.6 Å². The SMILES string of the molecule is Cc1nc2ccccc2nc1N(CCN)C1CC1. The Balaban J connectivity index is 2.06. The predicted molar refractivity (Wildman–Crippen MR) is 73.7 cm³/mol. The molecule has 2 aromatic rings. The van der Waals surface area contributed by atoms with Gasteiger partial charge in [-0.05, 0) is 31.9 Å². The molecule has 3 rings (SSSR count). The second-order valence-electron chi connectivity index (χ2n) is 4.83. The Morgan fingerprint density at radius 1 is 1.22 bits per heavy atom. The lowest BCUT2D eigenvalue weighted by molar-refractivity contribution is 0.766. The molecule has 1 fully saturated rings. The summed E-state index contributed by atoms with van der Waals surface area (Å²) >= 11 is 0. The molecule has 1 aliphatic carbocycles. The maximum atomic E-state index is 5.71. The average molecular weight is 242 g/mol. The van der Waals surface area contributed by atoms with E-state index in [1.807, 2.05) is 31.2 Å². The van der Waals surface area contributed by atoms with Gasteiger partial charge in [-0.2, -0.15) is 0 Å². The van der Waals surface area contributed by atoms with E-state index in [1.54, 1.807) is 0 Å². The van der Waals surface area contributed by atoms with Crippen molar-refractivity contribution in [3.63, 3.8) is 0 Å². The number of nitrogens with zero attached hydrogens (tertiary/aromatic N) is 3. The highest BCUT2D eigenvalue weighted by Gasteiger charge is 2.30. The summed E-state index contributed by atoms with van der Waals surface area (Å²) in [5.74, 6) is 1.00. The van der Waals surface area contributed by atoms with Gasteiger partial charge in [0.15, 0.2) is 5.82 Å². The second-order valence-corrected chi connectivity index (χ2v) is 4.83. The lowest BCUT2D eigenvalue weighted by Gasteiger charge is -2.24. The van der Waals surface area contributed by atoms with Gasteiger partial charge in [-0.3, -0.25) is 0 Å². The Bertz CT molecular complexity index is 563. The van der Waals surface area contributed by atoms with Crippen molar-refractivity contribution in [2.24, 2.45) is 5.73 Å². The van der Waals surface area contributed by atoms with E-state index in [4.69, 9.17) is 10.7 Å². The molecule has 94 valence electrons. The average Bonchev–Trinajstić information content (AvgIpc) is 3.20. The Morgan fingerprint density at radius 2 is 1.89 bits per heavy atom. The highest BCUT2D eigenvalue weighted by molar-refractivity contribution is 5.76. The molecule has 1 aromatic heterocycles. The minimum Gasteiger partial charge on any atom is -0.351 e. The van der Waals surface area contributed by atoms with Crippen molar-refractivity contribution >= 4 is 16.9 Å². The molecule has 18 heavy (non-hydrogen) atoms. The summed E-state index contributed by atoms with van der Waals surface area (Å²) in [7, 11) is 0. The number of hydrogen-bond donors (Lipinski definition) is 1. The molecule has 0 saturated heterocycles. The fourth-order valence-electron chi connectivity index (χ4n) is 2.34. The van der Waals surface area contributed by atoms with Crippen LogP contribution >= 0.6 is 0 Å². The summed E-state index contributed by atoms with van der Waals surface area (Å²) in [4.78, 5) is 11.7. The van der Waals surface area contributed by atoms with Crippen LogP contribution in [0.1, 0.15) is 18.5 Å². The van der Waals surface area contributed by atoms with E-state index in [0.717, 1.165) is 29.1 Å². The van der Waals surface area contributed by atoms with Crippen molar-refractivity contribution in [1.82, 2.24) is 9.97 Å². The van der Waals surface area contributed by atoms with Crippen molar-refractivity contribution in [3.8, 4) is 0 Å². The molecule has 0 unspecified atom stereocenters. The van der Waals surface area contributed by atoms with Gasteiger partial charge >= 0.3 is 0 Å². The number of nitrogens with two attached hydrogens (primary N) is 1. The maximum Gasteiger partial charge on any atom is 0.151 e. The van der Waals surface area contributed by atoms with Gasteiger partial charge in [0.1, 0.15) is 0 Å². The standard InChI is InChI=1S/C14H18N4/c1-10-14(18(9-8-15)11-6-7-11)17-13-5-3-2-4-12(13)16-10/h2-5,11H,6-9,15H2,1H3. The van der Waals surface area contributed by atoms with E-state index in [1.165, 1.54) is 12.8 Å². The van der Waals surface area contributed by atoms with E-state index in [-0.39, 0.29) is 0 Å². The first-order chi connectivity index (χ1) is 8.79. The second kappa shape index (κ2) is 4.53. The molecule has 0 aliphatic heterocycles. The van der Waals surface area contributed by atoms with Gasteiger partial charge in [0.2, 0.25) is 0 Å². The molecule has 1 aromatic carbocycles. The zero-order chi connectivity index (χ0) is 12.5. The van der Waals surface area contributed by atoms with Gasteiger partial charge < -0.3 is 10.6 Å². The summed E-state index contributed by atoms with van der Waals surface area (Å²) in [5.41, 5.74) is 8.62. The number of fused-ring (bicyclic) bond motifs is 1. The molecule has 4 heteroatoms. The molecular weight excluding hydrogens is 224 g/mol. The van der Waals surface area contributed by atoms with Crippen LogP contribution in [-0.4, -0.2) is 29.1 Å². The summed E-state index contributed by atoms with van der Waals surface area (Å²) in [6, 6.07) is 8.63. The third kappa shape index (κ3) is 2.04. The molecule has 0 radical (unpaired) electrons. The zero-order valence-corrected chi connectivity index (χ0v) is 10.6. The molecule has 1 aliphatic rings. The quantitative estimate of drug-likeness (QED) is 0.889. The van der Waals surface area contributed by atoms with Crippen molar-refractivity contribution in [2.75, 3.05) is 18.0 Å². The Labute approximate surface area is 107 Å². The molecule has 1 heterocycles. The van der Waals surface area contributed by atoms with Crippen molar-refractivity contribution in [2.45, 2.75) is 25.8 Å². The fraction of sp³-hybridized carbons (Fsp3) is 0.429. The zero-order valence-electron chi connectivity index (χ0n) is 10.6. The highest BCUT2D eigenvalue weighted by atomic mass is 15.2. The third-order valence-electron chi connectivity index (χ3n) is 3.35. The summed E-state index contributed by atoms with van der Waals surface area (Å²) < 4.78 is 0. The van der Waals surface area contributed by atoms with E-state index in [0.29, 0.717) is 12.6 Å². The van der Waals surface area contributed by atoms with E-state index in [9.17, 15) is 0 Å². The lowest BCUT2D eigenvalue weighted by atomic mass is 10.2. The minimum atomic E-state index is 0.614. The van der Waals surface area contributed by atoms with Crippen LogP contribution in [0.5, 0.6) is 0 Å². The van der Waals surface area contributed by atoms with Crippen LogP contribution in [0, 0.1) is 6.92 Å². The predicted octanol–water partition coefficient (Wildman–Crippen LogP) is 1.87. The van der Waals surface area contributed by atoms with Gasteiger partial charge in [-0.15, -0.1) is 0 Å². The van der Waals surface area contributed by atoms with Crippen LogP contribution in [-0.2, 0) is 0 Å². The topological polar surface area (TPSA) is 55.0 Å². The molecule has 4 nitrogen and oxygen atoms in total. The maximum absolute atomic E-state index is 5.71. The van der Waals surface area contributed by atoms with Gasteiger partial charge in [0, 0.05) is 19.1 Å². The first kappa shape index (κ1) is 11.4. The van der Waals surface area contributed by atoms with E-state index >= 15 is 0 Å². The molecule has 1 saturated carbocycles. The monoisotopic (exact) mass is 242 g/mol.